The number of hydrogen-bond donors (Lipinski definition) is 0. The van der Waals surface area contributed by atoms with E-state index in [1.807, 2.05) is 13.8 Å². The van der Waals surface area contributed by atoms with Crippen molar-refractivity contribution in [1.82, 2.24) is 4.98 Å². The molecule has 1 nitrogen and oxygen atoms in total. The number of nitrogens with zero attached hydrogens (tertiary/aromatic N) is 1. The second kappa shape index (κ2) is 4.72. The van der Waals surface area contributed by atoms with Crippen LogP contribution in [0.3, 0.4) is 0 Å². The van der Waals surface area contributed by atoms with Gasteiger partial charge in [0.1, 0.15) is 5.01 Å². The van der Waals surface area contributed by atoms with Crippen molar-refractivity contribution in [3.05, 3.63) is 40.9 Å². The molecule has 1 heterocycles. The van der Waals surface area contributed by atoms with Crippen LogP contribution in [0.4, 0.5) is 13.2 Å². The summed E-state index contributed by atoms with van der Waals surface area (Å²) in [5, 5.41) is 0.423. The Labute approximate surface area is 107 Å². The van der Waals surface area contributed by atoms with Gasteiger partial charge in [0, 0.05) is 16.6 Å². The molecule has 18 heavy (non-hydrogen) atoms. The fourth-order valence-corrected chi connectivity index (χ4v) is 2.55. The largest absolute Gasteiger partial charge is 0.417 e. The average Bonchev–Trinajstić information content (AvgIpc) is 2.77. The monoisotopic (exact) mass is 271 g/mol. The molecule has 0 spiro atoms. The maximum Gasteiger partial charge on any atom is 0.417 e. The highest BCUT2D eigenvalue weighted by molar-refractivity contribution is 7.15. The highest BCUT2D eigenvalue weighted by atomic mass is 32.1. The molecule has 0 atom stereocenters. The Morgan fingerprint density at radius 1 is 1.17 bits per heavy atom. The minimum atomic E-state index is -4.35. The molecule has 0 amide bonds. The van der Waals surface area contributed by atoms with Crippen molar-refractivity contribution in [2.45, 2.75) is 25.9 Å². The summed E-state index contributed by atoms with van der Waals surface area (Å²) in [6.45, 7) is 3.99. The first kappa shape index (κ1) is 13.1. The molecule has 0 radical (unpaired) electrons. The van der Waals surface area contributed by atoms with E-state index in [4.69, 9.17) is 0 Å². The van der Waals surface area contributed by atoms with Crippen LogP contribution in [0.25, 0.3) is 10.6 Å². The van der Waals surface area contributed by atoms with Crippen molar-refractivity contribution >= 4 is 11.3 Å². The fraction of sp³-hybridized carbons (Fsp3) is 0.308. The van der Waals surface area contributed by atoms with Crippen molar-refractivity contribution in [1.29, 1.82) is 0 Å². The van der Waals surface area contributed by atoms with Crippen molar-refractivity contribution in [3.8, 4) is 10.6 Å². The molecule has 1 aromatic carbocycles. The van der Waals surface area contributed by atoms with Crippen LogP contribution < -0.4 is 0 Å². The van der Waals surface area contributed by atoms with Crippen LogP contribution in [0, 0.1) is 0 Å². The predicted octanol–water partition coefficient (Wildman–Crippen LogP) is 4.95. The Balaban J connectivity index is 2.50. The molecular weight excluding hydrogens is 259 g/mol. The normalized spacial score (nSPS) is 12.1. The summed E-state index contributed by atoms with van der Waals surface area (Å²) in [6, 6.07) is 5.54. The van der Waals surface area contributed by atoms with Crippen LogP contribution in [0.15, 0.2) is 30.5 Å². The quantitative estimate of drug-likeness (QED) is 0.753. The minimum Gasteiger partial charge on any atom is -0.244 e. The van der Waals surface area contributed by atoms with Gasteiger partial charge in [0.15, 0.2) is 0 Å². The number of aromatic nitrogens is 1. The van der Waals surface area contributed by atoms with Gasteiger partial charge < -0.3 is 0 Å². The maximum absolute atomic E-state index is 12.9. The minimum absolute atomic E-state index is 0.155. The lowest BCUT2D eigenvalue weighted by molar-refractivity contribution is -0.137. The molecule has 0 unspecified atom stereocenters. The van der Waals surface area contributed by atoms with Crippen molar-refractivity contribution in [2.24, 2.45) is 0 Å². The lowest BCUT2D eigenvalue weighted by Crippen LogP contribution is -2.06. The number of alkyl halides is 3. The van der Waals surface area contributed by atoms with Crippen molar-refractivity contribution in [3.63, 3.8) is 0 Å². The summed E-state index contributed by atoms with van der Waals surface area (Å²) in [6.07, 6.45) is -2.70. The summed E-state index contributed by atoms with van der Waals surface area (Å²) in [4.78, 5) is 5.09. The van der Waals surface area contributed by atoms with E-state index in [0.29, 0.717) is 5.01 Å². The molecule has 0 saturated carbocycles. The summed E-state index contributed by atoms with van der Waals surface area (Å²) in [5.41, 5.74) is -0.475. The molecule has 1 aromatic heterocycles. The lowest BCUT2D eigenvalue weighted by atomic mass is 10.1. The Bertz CT molecular complexity index is 543. The molecule has 5 heteroatoms. The summed E-state index contributed by atoms with van der Waals surface area (Å²) in [5.74, 6) is 0.272. The average molecular weight is 271 g/mol. The molecule has 96 valence electrons. The van der Waals surface area contributed by atoms with Gasteiger partial charge in [0.05, 0.1) is 5.56 Å². The molecule has 0 N–H and O–H groups in total. The Morgan fingerprint density at radius 3 is 2.39 bits per heavy atom. The Morgan fingerprint density at radius 2 is 1.83 bits per heavy atom. The van der Waals surface area contributed by atoms with E-state index in [0.717, 1.165) is 10.9 Å². The van der Waals surface area contributed by atoms with E-state index in [2.05, 4.69) is 4.98 Å². The summed E-state index contributed by atoms with van der Waals surface area (Å²) >= 11 is 1.31. The first-order valence-corrected chi connectivity index (χ1v) is 6.33. The van der Waals surface area contributed by atoms with Crippen molar-refractivity contribution < 1.29 is 13.2 Å². The third-order valence-electron chi connectivity index (χ3n) is 2.56. The van der Waals surface area contributed by atoms with Gasteiger partial charge in [-0.2, -0.15) is 13.2 Å². The fourth-order valence-electron chi connectivity index (χ4n) is 1.59. The zero-order valence-corrected chi connectivity index (χ0v) is 10.8. The third kappa shape index (κ3) is 2.56. The molecule has 0 aliphatic heterocycles. The van der Waals surface area contributed by atoms with Crippen molar-refractivity contribution in [2.75, 3.05) is 0 Å². The number of rotatable bonds is 2. The van der Waals surface area contributed by atoms with Crippen LogP contribution in [-0.2, 0) is 6.18 Å². The second-order valence-corrected chi connectivity index (χ2v) is 5.33. The summed E-state index contributed by atoms with van der Waals surface area (Å²) < 4.78 is 38.6. The van der Waals surface area contributed by atoms with Crippen LogP contribution in [0.2, 0.25) is 0 Å². The molecular formula is C13H12F3NS. The van der Waals surface area contributed by atoms with E-state index >= 15 is 0 Å². The Hall–Kier alpha value is -1.36. The SMILES string of the molecule is CC(C)c1cnc(-c2ccccc2C(F)(F)F)s1. The molecule has 0 bridgehead atoms. The van der Waals surface area contributed by atoms with Crippen LogP contribution in [-0.4, -0.2) is 4.98 Å². The number of thiazole rings is 1. The number of halogens is 3. The van der Waals surface area contributed by atoms with E-state index in [1.165, 1.54) is 23.5 Å². The van der Waals surface area contributed by atoms with E-state index in [1.54, 1.807) is 12.3 Å². The predicted molar refractivity (Wildman–Crippen MR) is 66.6 cm³/mol. The van der Waals surface area contributed by atoms with E-state index in [-0.39, 0.29) is 11.5 Å². The van der Waals surface area contributed by atoms with Gasteiger partial charge in [0.2, 0.25) is 0 Å². The molecule has 0 aliphatic carbocycles. The van der Waals surface area contributed by atoms with E-state index < -0.39 is 11.7 Å². The van der Waals surface area contributed by atoms with Gasteiger partial charge in [-0.05, 0) is 12.0 Å². The molecule has 0 aliphatic rings. The number of benzene rings is 1. The number of hydrogen-bond acceptors (Lipinski definition) is 2. The van der Waals surface area contributed by atoms with Gasteiger partial charge in [0.25, 0.3) is 0 Å². The van der Waals surface area contributed by atoms with Crippen LogP contribution in [0.5, 0.6) is 0 Å². The molecule has 0 fully saturated rings. The van der Waals surface area contributed by atoms with Gasteiger partial charge in [-0.1, -0.05) is 32.0 Å². The van der Waals surface area contributed by atoms with Gasteiger partial charge in [-0.15, -0.1) is 11.3 Å². The Kier molecular flexibility index (Phi) is 3.43. The van der Waals surface area contributed by atoms with Crippen LogP contribution >= 0.6 is 11.3 Å². The highest BCUT2D eigenvalue weighted by Gasteiger charge is 2.34. The molecule has 0 saturated heterocycles. The maximum atomic E-state index is 12.9. The zero-order valence-electron chi connectivity index (χ0n) is 9.95. The molecule has 2 rings (SSSR count). The van der Waals surface area contributed by atoms with Gasteiger partial charge in [-0.3, -0.25) is 0 Å². The second-order valence-electron chi connectivity index (χ2n) is 4.27. The lowest BCUT2D eigenvalue weighted by Gasteiger charge is -2.10. The van der Waals surface area contributed by atoms with Gasteiger partial charge in [-0.25, -0.2) is 4.98 Å². The topological polar surface area (TPSA) is 12.9 Å². The van der Waals surface area contributed by atoms with Gasteiger partial charge >= 0.3 is 6.18 Å². The third-order valence-corrected chi connectivity index (χ3v) is 3.89. The zero-order chi connectivity index (χ0) is 13.3. The smallest absolute Gasteiger partial charge is 0.244 e. The first-order chi connectivity index (χ1) is 8.39. The van der Waals surface area contributed by atoms with Crippen LogP contribution in [0.1, 0.15) is 30.2 Å². The molecule has 2 aromatic rings. The summed E-state index contributed by atoms with van der Waals surface area (Å²) in [7, 11) is 0. The standard InChI is InChI=1S/C13H12F3NS/c1-8(2)11-7-17-12(18-11)9-5-3-4-6-10(9)13(14,15)16/h3-8H,1-2H3. The van der Waals surface area contributed by atoms with E-state index in [9.17, 15) is 13.2 Å². The highest BCUT2D eigenvalue weighted by Crippen LogP contribution is 2.39. The first-order valence-electron chi connectivity index (χ1n) is 5.52.